The average Bonchev–Trinajstić information content (AvgIpc) is 2.74. The van der Waals surface area contributed by atoms with Crippen molar-refractivity contribution in [1.82, 2.24) is 0 Å². The van der Waals surface area contributed by atoms with Crippen LogP contribution in [0.1, 0.15) is 31.8 Å². The third kappa shape index (κ3) is 4.93. The lowest BCUT2D eigenvalue weighted by Crippen LogP contribution is -2.22. The Morgan fingerprint density at radius 2 is 1.48 bits per heavy atom. The van der Waals surface area contributed by atoms with Crippen molar-refractivity contribution in [2.24, 2.45) is 0 Å². The van der Waals surface area contributed by atoms with Gasteiger partial charge in [-0.05, 0) is 25.1 Å². The molecule has 3 aromatic carbocycles. The van der Waals surface area contributed by atoms with Gasteiger partial charge < -0.3 is 10.1 Å². The molecule has 1 N–H and O–H groups in total. The second kappa shape index (κ2) is 8.93. The highest BCUT2D eigenvalue weighted by molar-refractivity contribution is 6.14. The van der Waals surface area contributed by atoms with Crippen LogP contribution in [-0.2, 0) is 9.53 Å². The van der Waals surface area contributed by atoms with Gasteiger partial charge in [0.05, 0.1) is 11.3 Å². The number of carbonyl (C=O) groups is 3. The van der Waals surface area contributed by atoms with Crippen molar-refractivity contribution >= 4 is 23.3 Å². The minimum atomic E-state index is -0.815. The van der Waals surface area contributed by atoms with Gasteiger partial charge in [-0.1, -0.05) is 60.2 Å². The number of benzene rings is 3. The van der Waals surface area contributed by atoms with Crippen LogP contribution in [0.4, 0.5) is 10.1 Å². The fourth-order valence-corrected chi connectivity index (χ4v) is 2.68. The van der Waals surface area contributed by atoms with Crippen LogP contribution in [0.25, 0.3) is 0 Å². The Bertz CT molecular complexity index is 1060. The van der Waals surface area contributed by atoms with Gasteiger partial charge >= 0.3 is 5.97 Å². The molecule has 0 aliphatic heterocycles. The minimum Gasteiger partial charge on any atom is -0.452 e. The molecule has 146 valence electrons. The average molecular weight is 391 g/mol. The number of ketones is 1. The number of amides is 1. The molecule has 0 saturated heterocycles. The first-order valence-electron chi connectivity index (χ1n) is 8.87. The minimum absolute atomic E-state index is 0.0107. The van der Waals surface area contributed by atoms with E-state index in [-0.39, 0.29) is 22.6 Å². The zero-order valence-electron chi connectivity index (χ0n) is 15.6. The summed E-state index contributed by atoms with van der Waals surface area (Å²) in [5, 5.41) is 2.33. The summed E-state index contributed by atoms with van der Waals surface area (Å²) in [6, 6.07) is 18.9. The molecule has 0 spiro atoms. The monoisotopic (exact) mass is 391 g/mol. The third-order valence-corrected chi connectivity index (χ3v) is 4.19. The molecule has 0 unspecified atom stereocenters. The van der Waals surface area contributed by atoms with E-state index in [1.54, 1.807) is 42.5 Å². The summed E-state index contributed by atoms with van der Waals surface area (Å²) in [5.41, 5.74) is 1.67. The molecule has 0 heterocycles. The summed E-state index contributed by atoms with van der Waals surface area (Å²) in [6.45, 7) is 1.30. The summed E-state index contributed by atoms with van der Waals surface area (Å²) in [5.74, 6) is -2.43. The highest BCUT2D eigenvalue weighted by Crippen LogP contribution is 2.17. The van der Waals surface area contributed by atoms with Crippen LogP contribution in [-0.4, -0.2) is 24.3 Å². The van der Waals surface area contributed by atoms with Gasteiger partial charge in [-0.2, -0.15) is 0 Å². The first-order valence-corrected chi connectivity index (χ1v) is 8.87. The van der Waals surface area contributed by atoms with Crippen molar-refractivity contribution in [3.8, 4) is 0 Å². The molecule has 0 fully saturated rings. The Labute approximate surface area is 167 Å². The van der Waals surface area contributed by atoms with Crippen molar-refractivity contribution in [2.45, 2.75) is 6.92 Å². The van der Waals surface area contributed by atoms with Crippen LogP contribution in [0, 0.1) is 12.7 Å². The number of aryl methyl sites for hydroxylation is 1. The van der Waals surface area contributed by atoms with Gasteiger partial charge in [0.1, 0.15) is 5.82 Å². The Balaban J connectivity index is 1.70. The van der Waals surface area contributed by atoms with Gasteiger partial charge in [-0.3, -0.25) is 9.59 Å². The molecule has 0 saturated carbocycles. The standard InChI is InChI=1S/C23H18FNO4/c1-15-10-12-16(13-11-15)22(27)17-6-2-3-7-18(17)23(28)29-14-21(26)25-20-9-5-4-8-19(20)24/h2-13H,14H2,1H3,(H,25,26). The summed E-state index contributed by atoms with van der Waals surface area (Å²) in [7, 11) is 0. The quantitative estimate of drug-likeness (QED) is 0.506. The second-order valence-electron chi connectivity index (χ2n) is 6.34. The molecule has 0 aliphatic rings. The summed E-state index contributed by atoms with van der Waals surface area (Å²) in [4.78, 5) is 37.2. The lowest BCUT2D eigenvalue weighted by Gasteiger charge is -2.10. The number of esters is 1. The zero-order valence-corrected chi connectivity index (χ0v) is 15.6. The van der Waals surface area contributed by atoms with Crippen LogP contribution in [0.2, 0.25) is 0 Å². The Kier molecular flexibility index (Phi) is 6.14. The Hall–Kier alpha value is -3.80. The topological polar surface area (TPSA) is 72.5 Å². The van der Waals surface area contributed by atoms with Crippen LogP contribution >= 0.6 is 0 Å². The number of anilines is 1. The van der Waals surface area contributed by atoms with Gasteiger partial charge in [0.15, 0.2) is 12.4 Å². The smallest absolute Gasteiger partial charge is 0.339 e. The highest BCUT2D eigenvalue weighted by Gasteiger charge is 2.20. The lowest BCUT2D eigenvalue weighted by atomic mass is 9.98. The molecule has 0 aliphatic carbocycles. The number of hydrogen-bond donors (Lipinski definition) is 1. The molecule has 3 aromatic rings. The maximum absolute atomic E-state index is 13.6. The number of ether oxygens (including phenoxy) is 1. The molecule has 0 aromatic heterocycles. The molecule has 1 amide bonds. The van der Waals surface area contributed by atoms with Crippen LogP contribution in [0.3, 0.4) is 0 Å². The van der Waals surface area contributed by atoms with Crippen molar-refractivity contribution in [3.05, 3.63) is 101 Å². The van der Waals surface area contributed by atoms with Gasteiger partial charge in [-0.15, -0.1) is 0 Å². The van der Waals surface area contributed by atoms with Gasteiger partial charge in [0, 0.05) is 11.1 Å². The van der Waals surface area contributed by atoms with Gasteiger partial charge in [0.2, 0.25) is 0 Å². The van der Waals surface area contributed by atoms with E-state index in [0.717, 1.165) is 5.56 Å². The number of halogens is 1. The van der Waals surface area contributed by atoms with Gasteiger partial charge in [-0.25, -0.2) is 9.18 Å². The SMILES string of the molecule is Cc1ccc(C(=O)c2ccccc2C(=O)OCC(=O)Nc2ccccc2F)cc1. The van der Waals surface area contributed by atoms with E-state index in [1.165, 1.54) is 30.3 Å². The van der Waals surface area contributed by atoms with E-state index < -0.39 is 24.3 Å². The number of hydrogen-bond acceptors (Lipinski definition) is 4. The number of nitrogens with one attached hydrogen (secondary N) is 1. The first kappa shape index (κ1) is 19.9. The van der Waals surface area contributed by atoms with E-state index in [4.69, 9.17) is 4.74 Å². The van der Waals surface area contributed by atoms with Crippen molar-refractivity contribution in [3.63, 3.8) is 0 Å². The fraction of sp³-hybridized carbons (Fsp3) is 0.0870. The highest BCUT2D eigenvalue weighted by atomic mass is 19.1. The summed E-state index contributed by atoms with van der Waals surface area (Å²) >= 11 is 0. The number of carbonyl (C=O) groups excluding carboxylic acids is 3. The zero-order chi connectivity index (χ0) is 20.8. The number of rotatable bonds is 6. The third-order valence-electron chi connectivity index (χ3n) is 4.19. The van der Waals surface area contributed by atoms with Crippen molar-refractivity contribution in [1.29, 1.82) is 0 Å². The molecular weight excluding hydrogens is 373 g/mol. The van der Waals surface area contributed by atoms with Gasteiger partial charge in [0.25, 0.3) is 5.91 Å². The second-order valence-corrected chi connectivity index (χ2v) is 6.34. The molecule has 0 bridgehead atoms. The Morgan fingerprint density at radius 1 is 0.862 bits per heavy atom. The molecular formula is C23H18FNO4. The fourth-order valence-electron chi connectivity index (χ4n) is 2.68. The molecule has 0 radical (unpaired) electrons. The van der Waals surface area contributed by atoms with E-state index >= 15 is 0 Å². The van der Waals surface area contributed by atoms with E-state index in [9.17, 15) is 18.8 Å². The molecule has 5 nitrogen and oxygen atoms in total. The molecule has 6 heteroatoms. The van der Waals surface area contributed by atoms with E-state index in [0.29, 0.717) is 5.56 Å². The maximum Gasteiger partial charge on any atom is 0.339 e. The Morgan fingerprint density at radius 3 is 2.17 bits per heavy atom. The van der Waals surface area contributed by atoms with Crippen molar-refractivity contribution < 1.29 is 23.5 Å². The molecule has 29 heavy (non-hydrogen) atoms. The lowest BCUT2D eigenvalue weighted by molar-refractivity contribution is -0.119. The summed E-state index contributed by atoms with van der Waals surface area (Å²) in [6.07, 6.45) is 0. The maximum atomic E-state index is 13.6. The number of para-hydroxylation sites is 1. The normalized spacial score (nSPS) is 10.3. The first-order chi connectivity index (χ1) is 14.0. The van der Waals surface area contributed by atoms with Crippen molar-refractivity contribution in [2.75, 3.05) is 11.9 Å². The molecule has 0 atom stereocenters. The molecule has 3 rings (SSSR count). The largest absolute Gasteiger partial charge is 0.452 e. The van der Waals surface area contributed by atoms with E-state index in [1.807, 2.05) is 6.92 Å². The predicted octanol–water partition coefficient (Wildman–Crippen LogP) is 4.16. The predicted molar refractivity (Wildman–Crippen MR) is 106 cm³/mol. The van der Waals surface area contributed by atoms with Crippen LogP contribution < -0.4 is 5.32 Å². The van der Waals surface area contributed by atoms with Crippen LogP contribution in [0.5, 0.6) is 0 Å². The van der Waals surface area contributed by atoms with E-state index in [2.05, 4.69) is 5.32 Å². The summed E-state index contributed by atoms with van der Waals surface area (Å²) < 4.78 is 18.6. The van der Waals surface area contributed by atoms with Crippen LogP contribution in [0.15, 0.2) is 72.8 Å².